The standard InChI is InChI=1S/C13H15NO5/c1-13(19-7-12(16)17)8-14(9-13)11(15)5-4-10-3-2-6-18-10/h2-6H,7-9H2,1H3,(H,16,17)/b5-4+. The number of nitrogens with zero attached hydrogens (tertiary/aromatic N) is 1. The largest absolute Gasteiger partial charge is 0.480 e. The number of carboxylic acids is 1. The molecule has 2 heterocycles. The highest BCUT2D eigenvalue weighted by Gasteiger charge is 2.42. The number of hydrogen-bond acceptors (Lipinski definition) is 4. The van der Waals surface area contributed by atoms with Crippen LogP contribution in [0.15, 0.2) is 28.9 Å². The Balaban J connectivity index is 1.80. The van der Waals surface area contributed by atoms with Gasteiger partial charge in [-0.2, -0.15) is 0 Å². The number of likely N-dealkylation sites (tertiary alicyclic amines) is 1. The molecular weight excluding hydrogens is 250 g/mol. The predicted octanol–water partition coefficient (Wildman–Crippen LogP) is 0.995. The molecule has 0 unspecified atom stereocenters. The number of aliphatic carboxylic acids is 1. The SMILES string of the molecule is CC1(OCC(=O)O)CN(C(=O)/C=C/c2ccco2)C1. The molecule has 102 valence electrons. The Morgan fingerprint density at radius 3 is 2.89 bits per heavy atom. The lowest BCUT2D eigenvalue weighted by Gasteiger charge is -2.46. The minimum absolute atomic E-state index is 0.146. The van der Waals surface area contributed by atoms with Gasteiger partial charge in [0, 0.05) is 6.08 Å². The molecule has 0 atom stereocenters. The van der Waals surface area contributed by atoms with Crippen molar-refractivity contribution in [3.8, 4) is 0 Å². The fourth-order valence-electron chi connectivity index (χ4n) is 1.89. The molecule has 1 N–H and O–H groups in total. The van der Waals surface area contributed by atoms with E-state index in [1.807, 2.05) is 0 Å². The van der Waals surface area contributed by atoms with Crippen LogP contribution in [-0.4, -0.2) is 47.2 Å². The molecule has 1 aromatic rings. The normalized spacial score (nSPS) is 17.4. The van der Waals surface area contributed by atoms with Crippen molar-refractivity contribution in [3.63, 3.8) is 0 Å². The Morgan fingerprint density at radius 1 is 1.58 bits per heavy atom. The zero-order valence-electron chi connectivity index (χ0n) is 10.5. The van der Waals surface area contributed by atoms with Gasteiger partial charge in [0.1, 0.15) is 18.0 Å². The molecular formula is C13H15NO5. The molecule has 0 aromatic carbocycles. The summed E-state index contributed by atoms with van der Waals surface area (Å²) < 4.78 is 10.3. The molecule has 6 heteroatoms. The number of amides is 1. The Kier molecular flexibility index (Phi) is 3.71. The van der Waals surface area contributed by atoms with Crippen LogP contribution in [0.2, 0.25) is 0 Å². The van der Waals surface area contributed by atoms with E-state index in [9.17, 15) is 9.59 Å². The fourth-order valence-corrected chi connectivity index (χ4v) is 1.89. The van der Waals surface area contributed by atoms with Crippen molar-refractivity contribution in [2.75, 3.05) is 19.7 Å². The quantitative estimate of drug-likeness (QED) is 0.803. The molecule has 1 aromatic heterocycles. The smallest absolute Gasteiger partial charge is 0.329 e. The Hall–Kier alpha value is -2.08. The van der Waals surface area contributed by atoms with Gasteiger partial charge >= 0.3 is 5.97 Å². The second-order valence-electron chi connectivity index (χ2n) is 4.68. The summed E-state index contributed by atoms with van der Waals surface area (Å²) in [6.45, 7) is 2.22. The van der Waals surface area contributed by atoms with Crippen LogP contribution in [0.4, 0.5) is 0 Å². The van der Waals surface area contributed by atoms with Crippen LogP contribution < -0.4 is 0 Å². The van der Waals surface area contributed by atoms with Crippen LogP contribution in [-0.2, 0) is 14.3 Å². The van der Waals surface area contributed by atoms with Gasteiger partial charge in [-0.05, 0) is 25.1 Å². The molecule has 0 aliphatic carbocycles. The van der Waals surface area contributed by atoms with E-state index in [0.717, 1.165) is 0 Å². The molecule has 0 bridgehead atoms. The number of hydrogen-bond donors (Lipinski definition) is 1. The molecule has 6 nitrogen and oxygen atoms in total. The van der Waals surface area contributed by atoms with Crippen LogP contribution in [0.25, 0.3) is 6.08 Å². The molecule has 1 aliphatic rings. The van der Waals surface area contributed by atoms with Crippen molar-refractivity contribution in [2.24, 2.45) is 0 Å². The minimum Gasteiger partial charge on any atom is -0.480 e. The second kappa shape index (κ2) is 5.27. The van der Waals surface area contributed by atoms with Crippen LogP contribution in [0.1, 0.15) is 12.7 Å². The first-order valence-electron chi connectivity index (χ1n) is 5.85. The van der Waals surface area contributed by atoms with Crippen molar-refractivity contribution >= 4 is 18.0 Å². The summed E-state index contributed by atoms with van der Waals surface area (Å²) in [4.78, 5) is 23.8. The average Bonchev–Trinajstić information content (AvgIpc) is 2.83. The lowest BCUT2D eigenvalue weighted by Crippen LogP contribution is -2.63. The van der Waals surface area contributed by atoms with Crippen molar-refractivity contribution in [1.82, 2.24) is 4.90 Å². The lowest BCUT2D eigenvalue weighted by atomic mass is 9.96. The zero-order chi connectivity index (χ0) is 13.9. The average molecular weight is 265 g/mol. The topological polar surface area (TPSA) is 80.0 Å². The summed E-state index contributed by atoms with van der Waals surface area (Å²) in [6.07, 6.45) is 4.55. The molecule has 1 amide bonds. The predicted molar refractivity (Wildman–Crippen MR) is 66.3 cm³/mol. The van der Waals surface area contributed by atoms with Gasteiger partial charge in [-0.1, -0.05) is 0 Å². The van der Waals surface area contributed by atoms with E-state index in [0.29, 0.717) is 18.8 Å². The maximum absolute atomic E-state index is 11.8. The van der Waals surface area contributed by atoms with Crippen LogP contribution in [0, 0.1) is 0 Å². The maximum atomic E-state index is 11.8. The molecule has 19 heavy (non-hydrogen) atoms. The fraction of sp³-hybridized carbons (Fsp3) is 0.385. The van der Waals surface area contributed by atoms with E-state index in [2.05, 4.69) is 0 Å². The van der Waals surface area contributed by atoms with Crippen molar-refractivity contribution in [3.05, 3.63) is 30.2 Å². The van der Waals surface area contributed by atoms with Crippen molar-refractivity contribution in [1.29, 1.82) is 0 Å². The summed E-state index contributed by atoms with van der Waals surface area (Å²) in [5.74, 6) is -0.546. The minimum atomic E-state index is -1.01. The van der Waals surface area contributed by atoms with Crippen LogP contribution >= 0.6 is 0 Å². The molecule has 0 spiro atoms. The van der Waals surface area contributed by atoms with Gasteiger partial charge in [0.2, 0.25) is 5.91 Å². The van der Waals surface area contributed by atoms with Crippen molar-refractivity contribution in [2.45, 2.75) is 12.5 Å². The summed E-state index contributed by atoms with van der Waals surface area (Å²) in [5, 5.41) is 8.53. The Labute approximate surface area is 110 Å². The van der Waals surface area contributed by atoms with E-state index in [4.69, 9.17) is 14.3 Å². The molecule has 1 fully saturated rings. The summed E-state index contributed by atoms with van der Waals surface area (Å²) >= 11 is 0. The van der Waals surface area contributed by atoms with Gasteiger partial charge in [-0.15, -0.1) is 0 Å². The zero-order valence-corrected chi connectivity index (χ0v) is 10.5. The highest BCUT2D eigenvalue weighted by molar-refractivity contribution is 5.92. The number of rotatable bonds is 5. The van der Waals surface area contributed by atoms with E-state index in [1.54, 1.807) is 30.0 Å². The summed E-state index contributed by atoms with van der Waals surface area (Å²) in [7, 11) is 0. The molecule has 0 saturated carbocycles. The van der Waals surface area contributed by atoms with E-state index in [-0.39, 0.29) is 12.5 Å². The number of carbonyl (C=O) groups is 2. The third-order valence-electron chi connectivity index (χ3n) is 2.84. The van der Waals surface area contributed by atoms with E-state index in [1.165, 1.54) is 12.3 Å². The molecule has 1 aliphatic heterocycles. The third-order valence-corrected chi connectivity index (χ3v) is 2.84. The van der Waals surface area contributed by atoms with E-state index >= 15 is 0 Å². The number of ether oxygens (including phenoxy) is 1. The Bertz CT molecular complexity index is 485. The second-order valence-corrected chi connectivity index (χ2v) is 4.68. The van der Waals surface area contributed by atoms with Gasteiger partial charge in [0.25, 0.3) is 0 Å². The number of carbonyl (C=O) groups excluding carboxylic acids is 1. The van der Waals surface area contributed by atoms with Gasteiger partial charge in [0.05, 0.1) is 19.4 Å². The Morgan fingerprint density at radius 2 is 2.32 bits per heavy atom. The first-order valence-corrected chi connectivity index (χ1v) is 5.85. The number of furan rings is 1. The maximum Gasteiger partial charge on any atom is 0.329 e. The van der Waals surface area contributed by atoms with Crippen LogP contribution in [0.5, 0.6) is 0 Å². The lowest BCUT2D eigenvalue weighted by molar-refractivity contribution is -0.170. The first-order chi connectivity index (χ1) is 8.98. The van der Waals surface area contributed by atoms with Gasteiger partial charge in [-0.25, -0.2) is 4.79 Å². The highest BCUT2D eigenvalue weighted by Crippen LogP contribution is 2.24. The third kappa shape index (κ3) is 3.45. The molecule has 0 radical (unpaired) electrons. The first kappa shape index (κ1) is 13.4. The van der Waals surface area contributed by atoms with Crippen molar-refractivity contribution < 1.29 is 23.8 Å². The highest BCUT2D eigenvalue weighted by atomic mass is 16.5. The van der Waals surface area contributed by atoms with Gasteiger partial charge < -0.3 is 19.2 Å². The summed E-state index contributed by atoms with van der Waals surface area (Å²) in [5.41, 5.74) is -0.563. The monoisotopic (exact) mass is 265 g/mol. The van der Waals surface area contributed by atoms with Crippen LogP contribution in [0.3, 0.4) is 0 Å². The van der Waals surface area contributed by atoms with Gasteiger partial charge in [0.15, 0.2) is 0 Å². The number of carboxylic acid groups (broad SMARTS) is 1. The van der Waals surface area contributed by atoms with E-state index < -0.39 is 11.6 Å². The molecule has 1 saturated heterocycles. The summed E-state index contributed by atoms with van der Waals surface area (Å²) in [6, 6.07) is 3.49. The molecule has 2 rings (SSSR count). The van der Waals surface area contributed by atoms with Gasteiger partial charge in [-0.3, -0.25) is 4.79 Å².